The number of anilines is 2. The van der Waals surface area contributed by atoms with Crippen molar-refractivity contribution in [1.29, 1.82) is 0 Å². The summed E-state index contributed by atoms with van der Waals surface area (Å²) in [7, 11) is 0. The van der Waals surface area contributed by atoms with Crippen molar-refractivity contribution in [3.8, 4) is 5.75 Å². The molecule has 0 spiro atoms. The summed E-state index contributed by atoms with van der Waals surface area (Å²) in [4.78, 5) is 54.7. The minimum Gasteiger partial charge on any atom is -0.494 e. The standard InChI is InChI=1S/C29H27N3O5/c1-2-37-23-11-9-22(10-12-23)32-28(35)24-13-8-20(18-25(24)29(32)36)27(34)31-16-14-19(15-17-31)26(33)30-21-6-4-3-5-7-21/h3-13,18-19H,2,14-17H2,1H3,(H,30,33). The average molecular weight is 498 g/mol. The number of benzene rings is 3. The smallest absolute Gasteiger partial charge is 0.266 e. The molecule has 5 rings (SSSR count). The molecule has 0 aromatic heterocycles. The molecule has 3 aromatic rings. The van der Waals surface area contributed by atoms with E-state index < -0.39 is 11.8 Å². The zero-order chi connectivity index (χ0) is 25.9. The Labute approximate surface area is 214 Å². The van der Waals surface area contributed by atoms with E-state index in [2.05, 4.69) is 5.32 Å². The number of imide groups is 1. The quantitative estimate of drug-likeness (QED) is 0.510. The van der Waals surface area contributed by atoms with E-state index in [0.717, 1.165) is 10.6 Å². The number of amides is 4. The third kappa shape index (κ3) is 4.82. The van der Waals surface area contributed by atoms with Crippen molar-refractivity contribution in [2.24, 2.45) is 5.92 Å². The first-order valence-corrected chi connectivity index (χ1v) is 12.4. The fourth-order valence-electron chi connectivity index (χ4n) is 4.76. The molecular weight excluding hydrogens is 470 g/mol. The van der Waals surface area contributed by atoms with Crippen molar-refractivity contribution >= 4 is 35.0 Å². The summed E-state index contributed by atoms with van der Waals surface area (Å²) in [6, 6.07) is 20.7. The molecule has 0 bridgehead atoms. The lowest BCUT2D eigenvalue weighted by Crippen LogP contribution is -2.41. The molecule has 0 atom stereocenters. The van der Waals surface area contributed by atoms with Gasteiger partial charge < -0.3 is 15.0 Å². The van der Waals surface area contributed by atoms with Gasteiger partial charge in [0.15, 0.2) is 0 Å². The van der Waals surface area contributed by atoms with Crippen molar-refractivity contribution in [3.63, 3.8) is 0 Å². The zero-order valence-electron chi connectivity index (χ0n) is 20.5. The second-order valence-corrected chi connectivity index (χ2v) is 9.05. The van der Waals surface area contributed by atoms with E-state index >= 15 is 0 Å². The predicted molar refractivity (Wildman–Crippen MR) is 139 cm³/mol. The average Bonchev–Trinajstić information content (AvgIpc) is 3.18. The van der Waals surface area contributed by atoms with Gasteiger partial charge in [0.2, 0.25) is 5.91 Å². The van der Waals surface area contributed by atoms with Gasteiger partial charge in [-0.15, -0.1) is 0 Å². The molecule has 1 saturated heterocycles. The van der Waals surface area contributed by atoms with Crippen molar-refractivity contribution in [3.05, 3.63) is 89.5 Å². The molecular formula is C29H27N3O5. The number of ether oxygens (including phenoxy) is 1. The van der Waals surface area contributed by atoms with E-state index in [1.54, 1.807) is 35.2 Å². The Morgan fingerprint density at radius 3 is 2.24 bits per heavy atom. The molecule has 0 aliphatic carbocycles. The van der Waals surface area contributed by atoms with E-state index in [1.807, 2.05) is 37.3 Å². The zero-order valence-corrected chi connectivity index (χ0v) is 20.5. The van der Waals surface area contributed by atoms with E-state index in [0.29, 0.717) is 49.5 Å². The number of piperidine rings is 1. The molecule has 188 valence electrons. The van der Waals surface area contributed by atoms with Gasteiger partial charge in [-0.2, -0.15) is 0 Å². The Hall–Kier alpha value is -4.46. The Bertz CT molecular complexity index is 1350. The first-order chi connectivity index (χ1) is 18.0. The van der Waals surface area contributed by atoms with Crippen LogP contribution in [-0.4, -0.2) is 48.2 Å². The molecule has 8 heteroatoms. The van der Waals surface area contributed by atoms with Crippen LogP contribution in [0.25, 0.3) is 0 Å². The summed E-state index contributed by atoms with van der Waals surface area (Å²) in [5.74, 6) is -0.675. The number of fused-ring (bicyclic) bond motifs is 1. The molecule has 2 aliphatic heterocycles. The number of carbonyl (C=O) groups excluding carboxylic acids is 4. The highest BCUT2D eigenvalue weighted by Gasteiger charge is 2.37. The van der Waals surface area contributed by atoms with Crippen LogP contribution in [-0.2, 0) is 4.79 Å². The number of rotatable bonds is 6. The van der Waals surface area contributed by atoms with Gasteiger partial charge in [0.1, 0.15) is 5.75 Å². The second kappa shape index (κ2) is 10.3. The Morgan fingerprint density at radius 1 is 0.892 bits per heavy atom. The minimum absolute atomic E-state index is 0.0469. The van der Waals surface area contributed by atoms with Gasteiger partial charge in [0.05, 0.1) is 23.4 Å². The van der Waals surface area contributed by atoms with E-state index in [1.165, 1.54) is 12.1 Å². The summed E-state index contributed by atoms with van der Waals surface area (Å²) in [5.41, 5.74) is 2.02. The van der Waals surface area contributed by atoms with Crippen LogP contribution in [0.1, 0.15) is 50.8 Å². The van der Waals surface area contributed by atoms with Gasteiger partial charge in [-0.25, -0.2) is 4.90 Å². The predicted octanol–water partition coefficient (Wildman–Crippen LogP) is 4.38. The fourth-order valence-corrected chi connectivity index (χ4v) is 4.76. The van der Waals surface area contributed by atoms with Crippen molar-refractivity contribution in [2.75, 3.05) is 29.9 Å². The van der Waals surface area contributed by atoms with Crippen LogP contribution in [0.4, 0.5) is 11.4 Å². The molecule has 0 saturated carbocycles. The van der Waals surface area contributed by atoms with Gasteiger partial charge in [0.25, 0.3) is 17.7 Å². The van der Waals surface area contributed by atoms with E-state index in [-0.39, 0.29) is 28.9 Å². The number of hydrogen-bond acceptors (Lipinski definition) is 5. The molecule has 4 amide bonds. The number of hydrogen-bond donors (Lipinski definition) is 1. The largest absolute Gasteiger partial charge is 0.494 e. The summed E-state index contributed by atoms with van der Waals surface area (Å²) in [6.07, 6.45) is 1.11. The normalized spacial score (nSPS) is 15.5. The molecule has 1 fully saturated rings. The number of para-hydroxylation sites is 1. The molecule has 0 unspecified atom stereocenters. The summed E-state index contributed by atoms with van der Waals surface area (Å²) in [6.45, 7) is 3.27. The summed E-state index contributed by atoms with van der Waals surface area (Å²) in [5, 5.41) is 2.93. The van der Waals surface area contributed by atoms with Crippen molar-refractivity contribution < 1.29 is 23.9 Å². The molecule has 2 heterocycles. The molecule has 1 N–H and O–H groups in total. The SMILES string of the molecule is CCOc1ccc(N2C(=O)c3ccc(C(=O)N4CCC(C(=O)Nc5ccccc5)CC4)cc3C2=O)cc1. The maximum absolute atomic E-state index is 13.2. The summed E-state index contributed by atoms with van der Waals surface area (Å²) < 4.78 is 5.43. The Kier molecular flexibility index (Phi) is 6.72. The first kappa shape index (κ1) is 24.2. The van der Waals surface area contributed by atoms with Gasteiger partial charge in [-0.1, -0.05) is 18.2 Å². The second-order valence-electron chi connectivity index (χ2n) is 9.05. The third-order valence-corrected chi connectivity index (χ3v) is 6.73. The van der Waals surface area contributed by atoms with Crippen LogP contribution in [0.5, 0.6) is 5.75 Å². The molecule has 37 heavy (non-hydrogen) atoms. The van der Waals surface area contributed by atoms with Crippen LogP contribution >= 0.6 is 0 Å². The molecule has 3 aromatic carbocycles. The van der Waals surface area contributed by atoms with Crippen LogP contribution in [0.2, 0.25) is 0 Å². The van der Waals surface area contributed by atoms with Crippen LogP contribution in [0.15, 0.2) is 72.8 Å². The van der Waals surface area contributed by atoms with Crippen molar-refractivity contribution in [1.82, 2.24) is 4.90 Å². The minimum atomic E-state index is -0.463. The fraction of sp³-hybridized carbons (Fsp3) is 0.241. The highest BCUT2D eigenvalue weighted by Crippen LogP contribution is 2.31. The van der Waals surface area contributed by atoms with Gasteiger partial charge >= 0.3 is 0 Å². The molecule has 2 aliphatic rings. The number of nitrogens with one attached hydrogen (secondary N) is 1. The Morgan fingerprint density at radius 2 is 1.57 bits per heavy atom. The number of likely N-dealkylation sites (tertiary alicyclic amines) is 1. The van der Waals surface area contributed by atoms with Crippen molar-refractivity contribution in [2.45, 2.75) is 19.8 Å². The maximum atomic E-state index is 13.2. The van der Waals surface area contributed by atoms with Crippen LogP contribution < -0.4 is 15.0 Å². The lowest BCUT2D eigenvalue weighted by atomic mass is 9.95. The molecule has 0 radical (unpaired) electrons. The maximum Gasteiger partial charge on any atom is 0.266 e. The first-order valence-electron chi connectivity index (χ1n) is 12.4. The highest BCUT2D eigenvalue weighted by atomic mass is 16.5. The Balaban J connectivity index is 1.25. The summed E-state index contributed by atoms with van der Waals surface area (Å²) >= 11 is 0. The van der Waals surface area contributed by atoms with Crippen LogP contribution in [0, 0.1) is 5.92 Å². The highest BCUT2D eigenvalue weighted by molar-refractivity contribution is 6.34. The van der Waals surface area contributed by atoms with Crippen LogP contribution in [0.3, 0.4) is 0 Å². The monoisotopic (exact) mass is 497 g/mol. The van der Waals surface area contributed by atoms with E-state index in [9.17, 15) is 19.2 Å². The topological polar surface area (TPSA) is 96.0 Å². The van der Waals surface area contributed by atoms with Gasteiger partial charge in [-0.3, -0.25) is 19.2 Å². The lowest BCUT2D eigenvalue weighted by Gasteiger charge is -2.31. The van der Waals surface area contributed by atoms with E-state index in [4.69, 9.17) is 4.74 Å². The van der Waals surface area contributed by atoms with Gasteiger partial charge in [-0.05, 0) is 74.4 Å². The van der Waals surface area contributed by atoms with Gasteiger partial charge in [0, 0.05) is 30.3 Å². The number of nitrogens with zero attached hydrogens (tertiary/aromatic N) is 2. The number of carbonyl (C=O) groups is 4. The lowest BCUT2D eigenvalue weighted by molar-refractivity contribution is -0.121. The third-order valence-electron chi connectivity index (χ3n) is 6.73. The molecule has 8 nitrogen and oxygen atoms in total.